The molecule has 0 aromatic heterocycles. The van der Waals surface area contributed by atoms with Crippen LogP contribution in [0.15, 0.2) is 0 Å². The molecule has 4 nitrogen and oxygen atoms in total. The second-order valence-corrected chi connectivity index (χ2v) is 4.58. The van der Waals surface area contributed by atoms with Crippen LogP contribution in [-0.4, -0.2) is 55.0 Å². The van der Waals surface area contributed by atoms with Gasteiger partial charge in [-0.3, -0.25) is 4.79 Å². The Morgan fingerprint density at radius 2 is 2.33 bits per heavy atom. The van der Waals surface area contributed by atoms with E-state index in [4.69, 9.17) is 5.73 Å². The Morgan fingerprint density at radius 1 is 1.67 bits per heavy atom. The number of nitrogens with zero attached hydrogens (tertiary/aromatic N) is 2. The van der Waals surface area contributed by atoms with Gasteiger partial charge >= 0.3 is 0 Å². The molecule has 0 bridgehead atoms. The van der Waals surface area contributed by atoms with E-state index < -0.39 is 0 Å². The van der Waals surface area contributed by atoms with E-state index in [1.54, 1.807) is 6.92 Å². The fourth-order valence-electron chi connectivity index (χ4n) is 2.15. The van der Waals surface area contributed by atoms with Crippen molar-refractivity contribution >= 4 is 5.91 Å². The van der Waals surface area contributed by atoms with Gasteiger partial charge in [0.25, 0.3) is 0 Å². The molecule has 88 valence electrons. The minimum atomic E-state index is -0.371. The van der Waals surface area contributed by atoms with Gasteiger partial charge in [-0.15, -0.1) is 0 Å². The van der Waals surface area contributed by atoms with Crippen LogP contribution in [0.2, 0.25) is 0 Å². The summed E-state index contributed by atoms with van der Waals surface area (Å²) in [5.74, 6) is 0.699. The first-order chi connectivity index (χ1) is 7.04. The Labute approximate surface area is 92.4 Å². The van der Waals surface area contributed by atoms with E-state index in [1.165, 1.54) is 6.42 Å². The third-order valence-electron chi connectivity index (χ3n) is 3.05. The van der Waals surface area contributed by atoms with Crippen LogP contribution in [-0.2, 0) is 4.79 Å². The van der Waals surface area contributed by atoms with Crippen LogP contribution in [0.3, 0.4) is 0 Å². The Kier molecular flexibility index (Phi) is 4.54. The zero-order valence-corrected chi connectivity index (χ0v) is 10.1. The van der Waals surface area contributed by atoms with Gasteiger partial charge < -0.3 is 15.5 Å². The average Bonchev–Trinajstić information content (AvgIpc) is 2.59. The summed E-state index contributed by atoms with van der Waals surface area (Å²) < 4.78 is 0. The van der Waals surface area contributed by atoms with E-state index in [0.29, 0.717) is 5.92 Å². The molecule has 0 saturated carbocycles. The highest BCUT2D eigenvalue weighted by molar-refractivity contribution is 5.81. The number of likely N-dealkylation sites (tertiary alicyclic amines) is 1. The van der Waals surface area contributed by atoms with Crippen molar-refractivity contribution in [3.8, 4) is 0 Å². The lowest BCUT2D eigenvalue weighted by molar-refractivity contribution is -0.132. The molecule has 0 aromatic carbocycles. The Hall–Kier alpha value is -0.610. The molecule has 2 N–H and O–H groups in total. The van der Waals surface area contributed by atoms with Crippen LogP contribution in [0.5, 0.6) is 0 Å². The Balaban J connectivity index is 2.43. The second-order valence-electron chi connectivity index (χ2n) is 4.58. The maximum absolute atomic E-state index is 11.7. The van der Waals surface area contributed by atoms with Gasteiger partial charge in [0.2, 0.25) is 5.91 Å². The lowest BCUT2D eigenvalue weighted by Crippen LogP contribution is -2.44. The number of carbonyl (C=O) groups excluding carboxylic acids is 1. The molecule has 1 amide bonds. The molecule has 1 aliphatic heterocycles. The van der Waals surface area contributed by atoms with Crippen LogP contribution in [0, 0.1) is 5.92 Å². The third kappa shape index (κ3) is 3.47. The third-order valence-corrected chi connectivity index (χ3v) is 3.05. The highest BCUT2D eigenvalue weighted by atomic mass is 16.2. The van der Waals surface area contributed by atoms with Crippen molar-refractivity contribution in [2.24, 2.45) is 11.7 Å². The molecule has 15 heavy (non-hydrogen) atoms. The van der Waals surface area contributed by atoms with Crippen molar-refractivity contribution in [3.63, 3.8) is 0 Å². The van der Waals surface area contributed by atoms with Gasteiger partial charge in [0.1, 0.15) is 0 Å². The second kappa shape index (κ2) is 5.47. The lowest BCUT2D eigenvalue weighted by Gasteiger charge is -2.25. The van der Waals surface area contributed by atoms with E-state index in [-0.39, 0.29) is 11.9 Å². The number of hydrogen-bond donors (Lipinski definition) is 1. The van der Waals surface area contributed by atoms with Crippen LogP contribution < -0.4 is 5.73 Å². The average molecular weight is 213 g/mol. The van der Waals surface area contributed by atoms with Crippen LogP contribution in [0.1, 0.15) is 20.3 Å². The van der Waals surface area contributed by atoms with Crippen LogP contribution in [0.4, 0.5) is 0 Å². The predicted molar refractivity (Wildman–Crippen MR) is 61.5 cm³/mol. The van der Waals surface area contributed by atoms with Gasteiger partial charge in [-0.1, -0.05) is 0 Å². The standard InChI is InChI=1S/C11H23N3O/c1-4-14(11(15)9(2)12)8-10-5-6-13(3)7-10/h9-10H,4-8,12H2,1-3H3/t9-,10+/m0/s1. The molecule has 0 aliphatic carbocycles. The first kappa shape index (κ1) is 12.5. The van der Waals surface area contributed by atoms with Gasteiger partial charge in [-0.05, 0) is 39.8 Å². The van der Waals surface area contributed by atoms with E-state index in [1.807, 2.05) is 11.8 Å². The first-order valence-electron chi connectivity index (χ1n) is 5.77. The highest BCUT2D eigenvalue weighted by Gasteiger charge is 2.24. The molecule has 1 rings (SSSR count). The van der Waals surface area contributed by atoms with E-state index in [9.17, 15) is 4.79 Å². The van der Waals surface area contributed by atoms with Gasteiger partial charge in [0.15, 0.2) is 0 Å². The zero-order valence-electron chi connectivity index (χ0n) is 10.1. The van der Waals surface area contributed by atoms with Crippen molar-refractivity contribution in [1.82, 2.24) is 9.80 Å². The summed E-state index contributed by atoms with van der Waals surface area (Å²) in [6, 6.07) is -0.371. The first-order valence-corrected chi connectivity index (χ1v) is 5.77. The number of hydrogen-bond acceptors (Lipinski definition) is 3. The molecular formula is C11H23N3O. The molecule has 0 radical (unpaired) electrons. The molecule has 2 atom stereocenters. The summed E-state index contributed by atoms with van der Waals surface area (Å²) in [4.78, 5) is 15.9. The predicted octanol–water partition coefficient (Wildman–Crippen LogP) is 0.134. The number of likely N-dealkylation sites (N-methyl/N-ethyl adjacent to an activating group) is 1. The highest BCUT2D eigenvalue weighted by Crippen LogP contribution is 2.15. The molecule has 1 fully saturated rings. The van der Waals surface area contributed by atoms with E-state index in [0.717, 1.165) is 26.2 Å². The summed E-state index contributed by atoms with van der Waals surface area (Å²) in [6.07, 6.45) is 1.19. The maximum atomic E-state index is 11.7. The van der Waals surface area contributed by atoms with Gasteiger partial charge in [-0.2, -0.15) is 0 Å². The smallest absolute Gasteiger partial charge is 0.239 e. The summed E-state index contributed by atoms with van der Waals surface area (Å²) >= 11 is 0. The van der Waals surface area contributed by atoms with Gasteiger partial charge in [0, 0.05) is 19.6 Å². The molecule has 4 heteroatoms. The Bertz CT molecular complexity index is 218. The SMILES string of the molecule is CCN(C[C@@H]1CCN(C)C1)C(=O)[C@H](C)N. The molecule has 1 saturated heterocycles. The van der Waals surface area contributed by atoms with Gasteiger partial charge in [0.05, 0.1) is 6.04 Å². The number of amides is 1. The Morgan fingerprint density at radius 3 is 2.73 bits per heavy atom. The van der Waals surface area contributed by atoms with E-state index >= 15 is 0 Å². The summed E-state index contributed by atoms with van der Waals surface area (Å²) in [5, 5.41) is 0. The number of nitrogens with two attached hydrogens (primary N) is 1. The monoisotopic (exact) mass is 213 g/mol. The molecular weight excluding hydrogens is 190 g/mol. The molecule has 1 heterocycles. The molecule has 0 spiro atoms. The fraction of sp³-hybridized carbons (Fsp3) is 0.909. The van der Waals surface area contributed by atoms with Crippen molar-refractivity contribution in [3.05, 3.63) is 0 Å². The minimum absolute atomic E-state index is 0.0760. The normalized spacial score (nSPS) is 24.1. The molecule has 0 aromatic rings. The van der Waals surface area contributed by atoms with Crippen LogP contribution in [0.25, 0.3) is 0 Å². The quantitative estimate of drug-likeness (QED) is 0.722. The van der Waals surface area contributed by atoms with Crippen molar-refractivity contribution in [2.75, 3.05) is 33.2 Å². The van der Waals surface area contributed by atoms with E-state index in [2.05, 4.69) is 11.9 Å². The summed E-state index contributed by atoms with van der Waals surface area (Å²) in [6.45, 7) is 7.64. The van der Waals surface area contributed by atoms with Crippen molar-refractivity contribution in [2.45, 2.75) is 26.3 Å². The summed E-state index contributed by atoms with van der Waals surface area (Å²) in [5.41, 5.74) is 5.61. The lowest BCUT2D eigenvalue weighted by atomic mass is 10.1. The fourth-order valence-corrected chi connectivity index (χ4v) is 2.15. The topological polar surface area (TPSA) is 49.6 Å². The maximum Gasteiger partial charge on any atom is 0.239 e. The zero-order chi connectivity index (χ0) is 11.4. The minimum Gasteiger partial charge on any atom is -0.341 e. The number of rotatable bonds is 4. The summed E-state index contributed by atoms with van der Waals surface area (Å²) in [7, 11) is 2.13. The van der Waals surface area contributed by atoms with Crippen molar-refractivity contribution in [1.29, 1.82) is 0 Å². The molecule has 0 unspecified atom stereocenters. The van der Waals surface area contributed by atoms with Crippen molar-refractivity contribution < 1.29 is 4.79 Å². The largest absolute Gasteiger partial charge is 0.341 e. The van der Waals surface area contributed by atoms with Gasteiger partial charge in [-0.25, -0.2) is 0 Å². The molecule has 1 aliphatic rings. The number of carbonyl (C=O) groups is 1. The van der Waals surface area contributed by atoms with Crippen LogP contribution >= 0.6 is 0 Å².